The van der Waals surface area contributed by atoms with Crippen molar-refractivity contribution in [3.05, 3.63) is 0 Å². The van der Waals surface area contributed by atoms with Gasteiger partial charge in [0.15, 0.2) is 0 Å². The normalized spacial score (nSPS) is 18.8. The maximum atomic E-state index is 12.2. The quantitative estimate of drug-likeness (QED) is 0.524. The van der Waals surface area contributed by atoms with Crippen LogP contribution in [0.3, 0.4) is 0 Å². The predicted octanol–water partition coefficient (Wildman–Crippen LogP) is 0.180. The molecule has 0 amide bonds. The maximum absolute atomic E-state index is 12.2. The third-order valence-electron chi connectivity index (χ3n) is 3.46. The summed E-state index contributed by atoms with van der Waals surface area (Å²) in [7, 11) is 0. The fourth-order valence-electron chi connectivity index (χ4n) is 2.46. The molecule has 21 heavy (non-hydrogen) atoms. The van der Waals surface area contributed by atoms with Gasteiger partial charge in [-0.15, -0.1) is 0 Å². The average Bonchev–Trinajstić information content (AvgIpc) is 3.05. The first-order valence-electron chi connectivity index (χ1n) is 5.95. The number of carbonyl (C=O) groups excluding carboxylic acids is 2. The van der Waals surface area contributed by atoms with E-state index in [2.05, 4.69) is 0 Å². The summed E-state index contributed by atoms with van der Waals surface area (Å²) in [6, 6.07) is 5.83. The Morgan fingerprint density at radius 1 is 0.810 bits per heavy atom. The van der Waals surface area contributed by atoms with Crippen molar-refractivity contribution in [3.8, 4) is 24.3 Å². The summed E-state index contributed by atoms with van der Waals surface area (Å²) in [5.41, 5.74) is -7.48. The van der Waals surface area contributed by atoms with E-state index in [0.717, 1.165) is 0 Å². The van der Waals surface area contributed by atoms with Crippen LogP contribution in [0.4, 0.5) is 0 Å². The van der Waals surface area contributed by atoms with Gasteiger partial charge < -0.3 is 9.47 Å². The van der Waals surface area contributed by atoms with E-state index < -0.39 is 28.2 Å². The van der Waals surface area contributed by atoms with Crippen LogP contribution in [0.2, 0.25) is 0 Å². The van der Waals surface area contributed by atoms with E-state index in [1.165, 1.54) is 38.1 Å². The minimum Gasteiger partial charge on any atom is -0.465 e. The molecule has 8 nitrogen and oxygen atoms in total. The fourth-order valence-corrected chi connectivity index (χ4v) is 2.46. The molecule has 0 aromatic heterocycles. The molecule has 0 heterocycles. The largest absolute Gasteiger partial charge is 0.465 e. The maximum Gasteiger partial charge on any atom is 0.329 e. The van der Waals surface area contributed by atoms with Crippen LogP contribution in [-0.4, -0.2) is 25.2 Å². The predicted molar refractivity (Wildman–Crippen MR) is 63.0 cm³/mol. The Balaban J connectivity index is 3.69. The number of rotatable bonds is 4. The highest BCUT2D eigenvalue weighted by molar-refractivity contribution is 6.11. The van der Waals surface area contributed by atoms with Crippen LogP contribution < -0.4 is 0 Å². The van der Waals surface area contributed by atoms with E-state index in [9.17, 15) is 30.6 Å². The third-order valence-corrected chi connectivity index (χ3v) is 3.46. The van der Waals surface area contributed by atoms with Gasteiger partial charge in [-0.25, -0.2) is 0 Å². The van der Waals surface area contributed by atoms with E-state index in [1.807, 2.05) is 0 Å². The zero-order chi connectivity index (χ0) is 16.3. The Kier molecular flexibility index (Phi) is 3.89. The molecular formula is C13H10N4O4. The number of ether oxygens (including phenoxy) is 2. The lowest BCUT2D eigenvalue weighted by atomic mass is 9.94. The summed E-state index contributed by atoms with van der Waals surface area (Å²) in [6.45, 7) is 2.58. The molecule has 0 N–H and O–H groups in total. The first-order chi connectivity index (χ1) is 9.96. The topological polar surface area (TPSA) is 148 Å². The second-order valence-corrected chi connectivity index (χ2v) is 4.14. The van der Waals surface area contributed by atoms with E-state index in [1.54, 1.807) is 0 Å². The number of hydrogen-bond donors (Lipinski definition) is 0. The first kappa shape index (κ1) is 16.0. The highest BCUT2D eigenvalue weighted by atomic mass is 16.6. The Hall–Kier alpha value is -3.10. The van der Waals surface area contributed by atoms with Gasteiger partial charge in [0.05, 0.1) is 37.5 Å². The average molecular weight is 286 g/mol. The molecule has 0 unspecified atom stereocenters. The second-order valence-electron chi connectivity index (χ2n) is 4.14. The molecule has 0 bridgehead atoms. The highest BCUT2D eigenvalue weighted by Gasteiger charge is 3.00. The summed E-state index contributed by atoms with van der Waals surface area (Å²) in [5.74, 6) is -2.57. The van der Waals surface area contributed by atoms with Crippen LogP contribution in [0.1, 0.15) is 13.8 Å². The summed E-state index contributed by atoms with van der Waals surface area (Å²) >= 11 is 0. The van der Waals surface area contributed by atoms with E-state index in [0.29, 0.717) is 0 Å². The van der Waals surface area contributed by atoms with Gasteiger partial charge in [-0.05, 0) is 13.8 Å². The molecule has 0 atom stereocenters. The van der Waals surface area contributed by atoms with Crippen molar-refractivity contribution in [2.45, 2.75) is 13.8 Å². The lowest BCUT2D eigenvalue weighted by Crippen LogP contribution is -2.37. The molecule has 1 fully saturated rings. The lowest BCUT2D eigenvalue weighted by molar-refractivity contribution is -0.166. The van der Waals surface area contributed by atoms with Gasteiger partial charge in [0.1, 0.15) is 0 Å². The van der Waals surface area contributed by atoms with Crippen molar-refractivity contribution in [1.29, 1.82) is 21.0 Å². The zero-order valence-corrected chi connectivity index (χ0v) is 11.3. The summed E-state index contributed by atoms with van der Waals surface area (Å²) in [5, 5.41) is 36.9. The standard InChI is InChI=1S/C13H10N4O4/c1-3-20-9(18)13(10(19)21-4-2)11(5-14,6-15)12(13,7-16)8-17/h3-4H2,1-2H3. The van der Waals surface area contributed by atoms with Crippen LogP contribution in [0.15, 0.2) is 0 Å². The van der Waals surface area contributed by atoms with E-state index in [4.69, 9.17) is 9.47 Å². The number of esters is 2. The molecular weight excluding hydrogens is 276 g/mol. The summed E-state index contributed by atoms with van der Waals surface area (Å²) in [4.78, 5) is 24.4. The van der Waals surface area contributed by atoms with Gasteiger partial charge in [0.25, 0.3) is 0 Å². The third kappa shape index (κ3) is 1.39. The molecule has 0 aromatic carbocycles. The molecule has 106 valence electrons. The molecule has 1 aliphatic rings. The SMILES string of the molecule is CCOC(=O)C1(C(=O)OCC)C(C#N)(C#N)C1(C#N)C#N. The molecule has 0 aromatic rings. The van der Waals surface area contributed by atoms with Crippen molar-refractivity contribution in [3.63, 3.8) is 0 Å². The fraction of sp³-hybridized carbons (Fsp3) is 0.538. The van der Waals surface area contributed by atoms with Crippen molar-refractivity contribution in [2.24, 2.45) is 16.2 Å². The molecule has 1 saturated carbocycles. The molecule has 0 saturated heterocycles. The highest BCUT2D eigenvalue weighted by Crippen LogP contribution is 2.78. The van der Waals surface area contributed by atoms with Crippen LogP contribution in [0, 0.1) is 61.6 Å². The Morgan fingerprint density at radius 3 is 1.29 bits per heavy atom. The van der Waals surface area contributed by atoms with Gasteiger partial charge in [0.2, 0.25) is 16.2 Å². The number of nitrogens with zero attached hydrogens (tertiary/aromatic N) is 4. The smallest absolute Gasteiger partial charge is 0.329 e. The summed E-state index contributed by atoms with van der Waals surface area (Å²) < 4.78 is 9.42. The molecule has 0 aliphatic heterocycles. The Bertz CT molecular complexity index is 570. The van der Waals surface area contributed by atoms with Gasteiger partial charge in [-0.2, -0.15) is 21.0 Å². The van der Waals surface area contributed by atoms with Gasteiger partial charge in [-0.1, -0.05) is 0 Å². The van der Waals surface area contributed by atoms with Gasteiger partial charge in [0, 0.05) is 0 Å². The second kappa shape index (κ2) is 5.12. The molecule has 0 radical (unpaired) electrons. The van der Waals surface area contributed by atoms with Crippen LogP contribution in [0.5, 0.6) is 0 Å². The van der Waals surface area contributed by atoms with E-state index >= 15 is 0 Å². The zero-order valence-electron chi connectivity index (χ0n) is 11.3. The molecule has 0 spiro atoms. The minimum atomic E-state index is -2.57. The Morgan fingerprint density at radius 2 is 1.10 bits per heavy atom. The number of hydrogen-bond acceptors (Lipinski definition) is 8. The van der Waals surface area contributed by atoms with Crippen molar-refractivity contribution in [1.82, 2.24) is 0 Å². The molecule has 1 aliphatic carbocycles. The molecule has 1 rings (SSSR count). The lowest BCUT2D eigenvalue weighted by Gasteiger charge is -2.14. The number of carbonyl (C=O) groups is 2. The van der Waals surface area contributed by atoms with Crippen molar-refractivity contribution < 1.29 is 19.1 Å². The van der Waals surface area contributed by atoms with Crippen LogP contribution in [-0.2, 0) is 19.1 Å². The van der Waals surface area contributed by atoms with Crippen molar-refractivity contribution in [2.75, 3.05) is 13.2 Å². The minimum absolute atomic E-state index is 0.153. The van der Waals surface area contributed by atoms with Crippen molar-refractivity contribution >= 4 is 11.9 Å². The monoisotopic (exact) mass is 286 g/mol. The van der Waals surface area contributed by atoms with Crippen LogP contribution >= 0.6 is 0 Å². The number of nitriles is 4. The van der Waals surface area contributed by atoms with Crippen LogP contribution in [0.25, 0.3) is 0 Å². The first-order valence-corrected chi connectivity index (χ1v) is 5.95. The summed E-state index contributed by atoms with van der Waals surface area (Å²) in [6.07, 6.45) is 0. The van der Waals surface area contributed by atoms with Gasteiger partial charge >= 0.3 is 11.9 Å². The van der Waals surface area contributed by atoms with E-state index in [-0.39, 0.29) is 13.2 Å². The molecule has 8 heteroatoms. The van der Waals surface area contributed by atoms with Gasteiger partial charge in [-0.3, -0.25) is 9.59 Å². The Labute approximate surface area is 120 Å².